The van der Waals surface area contributed by atoms with Crippen molar-refractivity contribution in [3.8, 4) is 0 Å². The number of carbonyl (C=O) groups is 1. The maximum atomic E-state index is 13.1. The summed E-state index contributed by atoms with van der Waals surface area (Å²) in [7, 11) is -3.84. The van der Waals surface area contributed by atoms with Crippen molar-refractivity contribution in [1.29, 1.82) is 0 Å². The minimum atomic E-state index is -3.84. The molecule has 2 aromatic heterocycles. The number of pyridine rings is 1. The van der Waals surface area contributed by atoms with Gasteiger partial charge in [-0.3, -0.25) is 4.79 Å². The van der Waals surface area contributed by atoms with Gasteiger partial charge >= 0.3 is 5.97 Å². The molecule has 1 aliphatic rings. The lowest BCUT2D eigenvalue weighted by atomic mass is 10.1. The van der Waals surface area contributed by atoms with Crippen LogP contribution in [0.3, 0.4) is 0 Å². The van der Waals surface area contributed by atoms with E-state index in [4.69, 9.17) is 5.11 Å². The number of sulfonamides is 1. The number of anilines is 1. The monoisotopic (exact) mass is 415 g/mol. The highest BCUT2D eigenvalue weighted by Gasteiger charge is 2.29. The first-order chi connectivity index (χ1) is 13.9. The molecule has 29 heavy (non-hydrogen) atoms. The van der Waals surface area contributed by atoms with Crippen LogP contribution in [0.5, 0.6) is 0 Å². The van der Waals surface area contributed by atoms with Crippen molar-refractivity contribution in [3.63, 3.8) is 0 Å². The Morgan fingerprint density at radius 1 is 1.10 bits per heavy atom. The van der Waals surface area contributed by atoms with Gasteiger partial charge in [0.05, 0.1) is 4.90 Å². The lowest BCUT2D eigenvalue weighted by Gasteiger charge is -2.33. The Morgan fingerprint density at radius 3 is 2.45 bits per heavy atom. The molecule has 10 nitrogen and oxygen atoms in total. The van der Waals surface area contributed by atoms with Gasteiger partial charge in [-0.05, 0) is 24.3 Å². The van der Waals surface area contributed by atoms with E-state index in [1.165, 1.54) is 22.5 Å². The second-order valence-corrected chi connectivity index (χ2v) is 8.42. The van der Waals surface area contributed by atoms with Crippen LogP contribution in [0.15, 0.2) is 52.5 Å². The zero-order chi connectivity index (χ0) is 20.6. The summed E-state index contributed by atoms with van der Waals surface area (Å²) in [5.41, 5.74) is -0.803. The molecule has 0 bridgehead atoms. The molecule has 0 unspecified atom stereocenters. The molecule has 0 atom stereocenters. The van der Waals surface area contributed by atoms with Crippen LogP contribution in [0.25, 0.3) is 10.9 Å². The predicted octanol–water partition coefficient (Wildman–Crippen LogP) is 0.527. The molecule has 0 radical (unpaired) electrons. The van der Waals surface area contributed by atoms with Crippen LogP contribution < -0.4 is 10.3 Å². The third-order valence-corrected chi connectivity index (χ3v) is 6.69. The number of carboxylic acid groups (broad SMARTS) is 1. The standard InChI is InChI=1S/C18H17N5O5S/c24-16-13-10-12(2-3-15(13)21-11-14(16)17(25)26)29(27,28)23-8-6-22(7-9-23)18-19-4-1-5-20-18/h1-5,10-11H,6-9H2,(H,21,24)(H,25,26). The van der Waals surface area contributed by atoms with E-state index in [1.807, 2.05) is 4.90 Å². The highest BCUT2D eigenvalue weighted by molar-refractivity contribution is 7.89. The number of carboxylic acids is 1. The number of fused-ring (bicyclic) bond motifs is 1. The molecule has 150 valence electrons. The molecule has 1 aliphatic heterocycles. The molecular weight excluding hydrogens is 398 g/mol. The predicted molar refractivity (Wildman–Crippen MR) is 105 cm³/mol. The Labute approximate surface area is 165 Å². The van der Waals surface area contributed by atoms with Crippen molar-refractivity contribution in [2.24, 2.45) is 0 Å². The molecule has 3 aromatic rings. The summed E-state index contributed by atoms with van der Waals surface area (Å²) < 4.78 is 27.4. The van der Waals surface area contributed by atoms with Crippen LogP contribution in [0, 0.1) is 0 Å². The minimum Gasteiger partial charge on any atom is -0.477 e. The maximum absolute atomic E-state index is 13.1. The number of aromatic amines is 1. The third kappa shape index (κ3) is 3.45. The number of hydrogen-bond donors (Lipinski definition) is 2. The number of hydrogen-bond acceptors (Lipinski definition) is 7. The summed E-state index contributed by atoms with van der Waals surface area (Å²) in [5, 5.41) is 9.13. The number of nitrogens with zero attached hydrogens (tertiary/aromatic N) is 4. The van der Waals surface area contributed by atoms with Gasteiger partial charge in [0.2, 0.25) is 21.4 Å². The average Bonchev–Trinajstić information content (AvgIpc) is 2.74. The van der Waals surface area contributed by atoms with Crippen molar-refractivity contribution >= 4 is 32.8 Å². The van der Waals surface area contributed by atoms with Gasteiger partial charge in [-0.2, -0.15) is 4.31 Å². The summed E-state index contributed by atoms with van der Waals surface area (Å²) in [5.74, 6) is -0.830. The van der Waals surface area contributed by atoms with E-state index in [9.17, 15) is 18.0 Å². The highest BCUT2D eigenvalue weighted by atomic mass is 32.2. The third-order valence-electron chi connectivity index (χ3n) is 4.79. The second-order valence-electron chi connectivity index (χ2n) is 6.48. The van der Waals surface area contributed by atoms with E-state index in [0.29, 0.717) is 24.6 Å². The first-order valence-electron chi connectivity index (χ1n) is 8.79. The average molecular weight is 415 g/mol. The van der Waals surface area contributed by atoms with Crippen molar-refractivity contribution in [2.75, 3.05) is 31.1 Å². The smallest absolute Gasteiger partial charge is 0.341 e. The number of rotatable bonds is 4. The van der Waals surface area contributed by atoms with Crippen LogP contribution >= 0.6 is 0 Å². The largest absolute Gasteiger partial charge is 0.477 e. The van der Waals surface area contributed by atoms with Crippen molar-refractivity contribution < 1.29 is 18.3 Å². The van der Waals surface area contributed by atoms with Crippen molar-refractivity contribution in [3.05, 3.63) is 58.6 Å². The normalized spacial score (nSPS) is 15.5. The summed E-state index contributed by atoms with van der Waals surface area (Å²) in [6.45, 7) is 1.34. The fraction of sp³-hybridized carbons (Fsp3) is 0.222. The fourth-order valence-corrected chi connectivity index (χ4v) is 4.70. The van der Waals surface area contributed by atoms with Crippen molar-refractivity contribution in [2.45, 2.75) is 4.90 Å². The molecule has 1 saturated heterocycles. The molecular formula is C18H17N5O5S. The van der Waals surface area contributed by atoms with Crippen molar-refractivity contribution in [1.82, 2.24) is 19.3 Å². The van der Waals surface area contributed by atoms with E-state index in [1.54, 1.807) is 18.5 Å². The van der Waals surface area contributed by atoms with Gasteiger partial charge in [-0.1, -0.05) is 0 Å². The van der Waals surface area contributed by atoms with E-state index in [2.05, 4.69) is 15.0 Å². The van der Waals surface area contributed by atoms with Gasteiger partial charge in [0, 0.05) is 55.7 Å². The number of aromatic nitrogens is 3. The van der Waals surface area contributed by atoms with E-state index >= 15 is 0 Å². The lowest BCUT2D eigenvalue weighted by Crippen LogP contribution is -2.49. The van der Waals surface area contributed by atoms with Gasteiger partial charge in [0.15, 0.2) is 0 Å². The second kappa shape index (κ2) is 7.26. The Balaban J connectivity index is 1.62. The Morgan fingerprint density at radius 2 is 1.79 bits per heavy atom. The Bertz CT molecular complexity index is 1230. The number of aromatic carboxylic acids is 1. The number of H-pyrrole nitrogens is 1. The summed E-state index contributed by atoms with van der Waals surface area (Å²) in [6, 6.07) is 5.80. The van der Waals surface area contributed by atoms with Gasteiger partial charge in [0.1, 0.15) is 5.56 Å². The zero-order valence-electron chi connectivity index (χ0n) is 15.1. The molecule has 0 saturated carbocycles. The summed E-state index contributed by atoms with van der Waals surface area (Å²) in [6.07, 6.45) is 4.36. The maximum Gasteiger partial charge on any atom is 0.341 e. The number of benzene rings is 1. The van der Waals surface area contributed by atoms with E-state index < -0.39 is 27.0 Å². The number of nitrogens with one attached hydrogen (secondary N) is 1. The Kier molecular flexibility index (Phi) is 4.76. The summed E-state index contributed by atoms with van der Waals surface area (Å²) in [4.78, 5) is 36.5. The number of piperazine rings is 1. The van der Waals surface area contributed by atoms with Crippen LogP contribution in [0.4, 0.5) is 5.95 Å². The molecule has 1 aromatic carbocycles. The Hall–Kier alpha value is -3.31. The SMILES string of the molecule is O=C(O)c1c[nH]c2ccc(S(=O)(=O)N3CCN(c4ncccn4)CC3)cc2c1=O. The summed E-state index contributed by atoms with van der Waals surface area (Å²) >= 11 is 0. The molecule has 0 spiro atoms. The lowest BCUT2D eigenvalue weighted by molar-refractivity contribution is 0.0695. The van der Waals surface area contributed by atoms with Gasteiger partial charge in [0.25, 0.3) is 0 Å². The van der Waals surface area contributed by atoms with Crippen LogP contribution in [-0.4, -0.2) is 64.9 Å². The topological polar surface area (TPSA) is 137 Å². The molecule has 0 aliphatic carbocycles. The van der Waals surface area contributed by atoms with Gasteiger partial charge < -0.3 is 15.0 Å². The van der Waals surface area contributed by atoms with E-state index in [-0.39, 0.29) is 23.4 Å². The molecule has 0 amide bonds. The molecule has 2 N–H and O–H groups in total. The van der Waals surface area contributed by atoms with Gasteiger partial charge in [-0.15, -0.1) is 0 Å². The molecule has 4 rings (SSSR count). The van der Waals surface area contributed by atoms with Crippen LogP contribution in [-0.2, 0) is 10.0 Å². The first-order valence-corrected chi connectivity index (χ1v) is 10.2. The minimum absolute atomic E-state index is 0.0160. The van der Waals surface area contributed by atoms with Crippen LogP contribution in [0.2, 0.25) is 0 Å². The molecule has 11 heteroatoms. The van der Waals surface area contributed by atoms with Gasteiger partial charge in [-0.25, -0.2) is 23.2 Å². The molecule has 1 fully saturated rings. The first kappa shape index (κ1) is 19.0. The zero-order valence-corrected chi connectivity index (χ0v) is 16.0. The van der Waals surface area contributed by atoms with Crippen LogP contribution in [0.1, 0.15) is 10.4 Å². The quantitative estimate of drug-likeness (QED) is 0.630. The highest BCUT2D eigenvalue weighted by Crippen LogP contribution is 2.21. The molecule has 3 heterocycles. The van der Waals surface area contributed by atoms with E-state index in [0.717, 1.165) is 6.20 Å². The fourth-order valence-electron chi connectivity index (χ4n) is 3.25.